The molecule has 0 bridgehead atoms. The number of benzene rings is 3. The molecule has 0 aliphatic carbocycles. The molecule has 6 heteroatoms. The summed E-state index contributed by atoms with van der Waals surface area (Å²) < 4.78 is 75.6. The zero-order valence-corrected chi connectivity index (χ0v) is 19.0. The second kappa shape index (κ2) is 10.7. The molecule has 180 valence electrons. The molecule has 0 saturated carbocycles. The molecule has 0 spiro atoms. The van der Waals surface area contributed by atoms with Crippen LogP contribution < -0.4 is 0 Å². The first-order chi connectivity index (χ1) is 16.4. The first-order valence-corrected chi connectivity index (χ1v) is 11.7. The van der Waals surface area contributed by atoms with Gasteiger partial charge in [-0.1, -0.05) is 49.7 Å². The van der Waals surface area contributed by atoms with E-state index in [9.17, 15) is 22.0 Å². The normalized spacial score (nSPS) is 18.3. The van der Waals surface area contributed by atoms with Crippen LogP contribution in [-0.2, 0) is 17.6 Å². The Morgan fingerprint density at radius 2 is 1.44 bits per heavy atom. The summed E-state index contributed by atoms with van der Waals surface area (Å²) in [7, 11) is 0. The van der Waals surface area contributed by atoms with Gasteiger partial charge in [0, 0.05) is 11.5 Å². The van der Waals surface area contributed by atoms with E-state index in [1.54, 1.807) is 36.4 Å². The summed E-state index contributed by atoms with van der Waals surface area (Å²) in [5.41, 5.74) is 2.26. The highest BCUT2D eigenvalue weighted by Gasteiger charge is 2.26. The standard InChI is InChI=1S/C28H27F5O/c1-2-3-21-11-10-20(16-34-21)23-13-12-22(26(31)27(23)32)19-8-6-17(7-9-19)4-5-18-14-24(29)28(33)25(30)15-18/h6-9,12-15,20-21H,2-5,10-11,16H2,1H3. The van der Waals surface area contributed by atoms with Crippen molar-refractivity contribution in [2.24, 2.45) is 0 Å². The van der Waals surface area contributed by atoms with Crippen molar-refractivity contribution in [3.8, 4) is 11.1 Å². The zero-order chi connectivity index (χ0) is 24.2. The number of aryl methyl sites for hydroxylation is 2. The Kier molecular flexibility index (Phi) is 7.67. The molecule has 0 radical (unpaired) electrons. The molecule has 0 aromatic heterocycles. The van der Waals surface area contributed by atoms with Gasteiger partial charge < -0.3 is 4.74 Å². The van der Waals surface area contributed by atoms with Crippen molar-refractivity contribution >= 4 is 0 Å². The van der Waals surface area contributed by atoms with Crippen LogP contribution in [0.25, 0.3) is 11.1 Å². The van der Waals surface area contributed by atoms with E-state index in [0.717, 1.165) is 43.4 Å². The predicted molar refractivity (Wildman–Crippen MR) is 122 cm³/mol. The molecule has 3 aromatic rings. The smallest absolute Gasteiger partial charge is 0.194 e. The lowest BCUT2D eigenvalue weighted by atomic mass is 9.88. The maximum atomic E-state index is 15.0. The van der Waals surface area contributed by atoms with Crippen molar-refractivity contribution in [2.45, 2.75) is 57.5 Å². The van der Waals surface area contributed by atoms with Crippen molar-refractivity contribution in [1.29, 1.82) is 0 Å². The maximum Gasteiger partial charge on any atom is 0.194 e. The molecule has 0 N–H and O–H groups in total. The van der Waals surface area contributed by atoms with E-state index < -0.39 is 29.1 Å². The molecule has 3 aromatic carbocycles. The third-order valence-corrected chi connectivity index (χ3v) is 6.54. The first kappa shape index (κ1) is 24.4. The molecular formula is C28H27F5O. The SMILES string of the molecule is CCCC1CCC(c2ccc(-c3ccc(CCc4cc(F)c(F)c(F)c4)cc3)c(F)c2F)CO1. The Morgan fingerprint density at radius 1 is 0.765 bits per heavy atom. The summed E-state index contributed by atoms with van der Waals surface area (Å²) in [6.45, 7) is 2.50. The van der Waals surface area contributed by atoms with Crippen molar-refractivity contribution in [2.75, 3.05) is 6.61 Å². The summed E-state index contributed by atoms with van der Waals surface area (Å²) in [5.74, 6) is -5.77. The molecule has 2 unspecified atom stereocenters. The largest absolute Gasteiger partial charge is 0.378 e. The predicted octanol–water partition coefficient (Wildman–Crippen LogP) is 7.90. The maximum absolute atomic E-state index is 15.0. The summed E-state index contributed by atoms with van der Waals surface area (Å²) >= 11 is 0. The third kappa shape index (κ3) is 5.33. The average molecular weight is 475 g/mol. The summed E-state index contributed by atoms with van der Waals surface area (Å²) in [6.07, 6.45) is 4.62. The van der Waals surface area contributed by atoms with Gasteiger partial charge in [0.1, 0.15) is 0 Å². The molecule has 1 aliphatic rings. The Hall–Kier alpha value is -2.73. The lowest BCUT2D eigenvalue weighted by Gasteiger charge is -2.29. The molecule has 1 saturated heterocycles. The molecule has 4 rings (SSSR count). The van der Waals surface area contributed by atoms with Crippen LogP contribution in [0, 0.1) is 29.1 Å². The fourth-order valence-corrected chi connectivity index (χ4v) is 4.60. The number of rotatable bonds is 7. The first-order valence-electron chi connectivity index (χ1n) is 11.7. The monoisotopic (exact) mass is 474 g/mol. The third-order valence-electron chi connectivity index (χ3n) is 6.54. The highest BCUT2D eigenvalue weighted by Crippen LogP contribution is 2.35. The van der Waals surface area contributed by atoms with Gasteiger partial charge in [-0.2, -0.15) is 0 Å². The van der Waals surface area contributed by atoms with E-state index in [1.165, 1.54) is 0 Å². The lowest BCUT2D eigenvalue weighted by molar-refractivity contribution is -0.00181. The lowest BCUT2D eigenvalue weighted by Crippen LogP contribution is -2.25. The summed E-state index contributed by atoms with van der Waals surface area (Å²) in [5, 5.41) is 0. The van der Waals surface area contributed by atoms with E-state index in [2.05, 4.69) is 6.92 Å². The minimum absolute atomic E-state index is 0.153. The van der Waals surface area contributed by atoms with Gasteiger partial charge in [0.25, 0.3) is 0 Å². The second-order valence-electron chi connectivity index (χ2n) is 8.92. The number of hydrogen-bond acceptors (Lipinski definition) is 1. The average Bonchev–Trinajstić information content (AvgIpc) is 2.84. The van der Waals surface area contributed by atoms with Crippen molar-refractivity contribution in [3.63, 3.8) is 0 Å². The van der Waals surface area contributed by atoms with Crippen molar-refractivity contribution < 1.29 is 26.7 Å². The molecule has 2 atom stereocenters. The van der Waals surface area contributed by atoms with E-state index in [1.807, 2.05) is 0 Å². The molecular weight excluding hydrogens is 447 g/mol. The van der Waals surface area contributed by atoms with Crippen LogP contribution >= 0.6 is 0 Å². The van der Waals surface area contributed by atoms with Crippen LogP contribution in [0.4, 0.5) is 22.0 Å². The van der Waals surface area contributed by atoms with Crippen LogP contribution in [0.2, 0.25) is 0 Å². The van der Waals surface area contributed by atoms with Crippen molar-refractivity contribution in [1.82, 2.24) is 0 Å². The highest BCUT2D eigenvalue weighted by molar-refractivity contribution is 5.65. The minimum Gasteiger partial charge on any atom is -0.378 e. The van der Waals surface area contributed by atoms with E-state index in [4.69, 9.17) is 4.74 Å². The quantitative estimate of drug-likeness (QED) is 0.250. The van der Waals surface area contributed by atoms with Gasteiger partial charge in [-0.15, -0.1) is 0 Å². The van der Waals surface area contributed by atoms with Crippen LogP contribution in [0.1, 0.15) is 55.2 Å². The Bertz CT molecular complexity index is 1110. The Balaban J connectivity index is 1.44. The van der Waals surface area contributed by atoms with E-state index in [-0.39, 0.29) is 17.6 Å². The van der Waals surface area contributed by atoms with Crippen LogP contribution in [-0.4, -0.2) is 12.7 Å². The summed E-state index contributed by atoms with van der Waals surface area (Å²) in [4.78, 5) is 0. The van der Waals surface area contributed by atoms with Gasteiger partial charge in [-0.05, 0) is 66.5 Å². The van der Waals surface area contributed by atoms with Crippen LogP contribution in [0.15, 0.2) is 48.5 Å². The molecule has 1 aliphatic heterocycles. The molecule has 0 amide bonds. The zero-order valence-electron chi connectivity index (χ0n) is 19.0. The van der Waals surface area contributed by atoms with Gasteiger partial charge in [0.05, 0.1) is 12.7 Å². The van der Waals surface area contributed by atoms with Gasteiger partial charge in [0.2, 0.25) is 0 Å². The molecule has 34 heavy (non-hydrogen) atoms. The fourth-order valence-electron chi connectivity index (χ4n) is 4.60. The van der Waals surface area contributed by atoms with Crippen LogP contribution in [0.3, 0.4) is 0 Å². The Labute approximate surface area is 196 Å². The number of ether oxygens (including phenoxy) is 1. The van der Waals surface area contributed by atoms with Crippen LogP contribution in [0.5, 0.6) is 0 Å². The van der Waals surface area contributed by atoms with Gasteiger partial charge in [-0.25, -0.2) is 22.0 Å². The number of halogens is 5. The minimum atomic E-state index is -1.48. The second-order valence-corrected chi connectivity index (χ2v) is 8.92. The molecule has 1 heterocycles. The van der Waals surface area contributed by atoms with Gasteiger partial charge >= 0.3 is 0 Å². The number of hydrogen-bond donors (Lipinski definition) is 0. The van der Waals surface area contributed by atoms with Gasteiger partial charge in [0.15, 0.2) is 29.1 Å². The molecule has 1 fully saturated rings. The van der Waals surface area contributed by atoms with Crippen molar-refractivity contribution in [3.05, 3.63) is 94.3 Å². The summed E-state index contributed by atoms with van der Waals surface area (Å²) in [6, 6.07) is 12.1. The highest BCUT2D eigenvalue weighted by atomic mass is 19.2. The Morgan fingerprint density at radius 3 is 2.06 bits per heavy atom. The molecule has 1 nitrogen and oxygen atoms in total. The fraction of sp³-hybridized carbons (Fsp3) is 0.357. The topological polar surface area (TPSA) is 9.23 Å². The van der Waals surface area contributed by atoms with Gasteiger partial charge in [-0.3, -0.25) is 0 Å². The van der Waals surface area contributed by atoms with E-state index >= 15 is 0 Å². The van der Waals surface area contributed by atoms with E-state index in [0.29, 0.717) is 36.1 Å².